The summed E-state index contributed by atoms with van der Waals surface area (Å²) in [7, 11) is 0. The molecule has 0 spiro atoms. The summed E-state index contributed by atoms with van der Waals surface area (Å²) in [6.07, 6.45) is 0. The van der Waals surface area contributed by atoms with Crippen LogP contribution in [0.25, 0.3) is 0 Å². The first-order valence-corrected chi connectivity index (χ1v) is 7.06. The van der Waals surface area contributed by atoms with Crippen LogP contribution in [0.3, 0.4) is 0 Å². The molecule has 0 bridgehead atoms. The van der Waals surface area contributed by atoms with Crippen molar-refractivity contribution in [2.45, 2.75) is 13.0 Å². The minimum atomic E-state index is -0.637. The number of piperazine rings is 1. The van der Waals surface area contributed by atoms with Crippen molar-refractivity contribution in [2.24, 2.45) is 5.73 Å². The highest BCUT2D eigenvalue weighted by Gasteiger charge is 2.27. The number of carbonyl (C=O) groups is 2. The van der Waals surface area contributed by atoms with Crippen LogP contribution in [-0.4, -0.2) is 53.8 Å². The van der Waals surface area contributed by atoms with Crippen LogP contribution in [0.5, 0.6) is 0 Å². The number of hydrogen-bond donors (Lipinski definition) is 1. The lowest BCUT2D eigenvalue weighted by atomic mass is 10.1. The maximum Gasteiger partial charge on any atom is 0.256 e. The molecule has 5 nitrogen and oxygen atoms in total. The number of nitrogens with two attached hydrogens (primary N) is 1. The second-order valence-corrected chi connectivity index (χ2v) is 5.47. The minimum Gasteiger partial charge on any atom is -0.338 e. The second kappa shape index (κ2) is 7.76. The quantitative estimate of drug-likeness (QED) is 0.880. The van der Waals surface area contributed by atoms with Gasteiger partial charge in [0, 0.05) is 31.2 Å². The highest BCUT2D eigenvalue weighted by Crippen LogP contribution is 2.17. The topological polar surface area (TPSA) is 66.6 Å². The summed E-state index contributed by atoms with van der Waals surface area (Å²) in [5, 5.41) is 0.247. The van der Waals surface area contributed by atoms with Crippen molar-refractivity contribution < 1.29 is 14.0 Å². The van der Waals surface area contributed by atoms with Crippen molar-refractivity contribution in [2.75, 3.05) is 26.2 Å². The highest BCUT2D eigenvalue weighted by atomic mass is 35.5. The van der Waals surface area contributed by atoms with Crippen molar-refractivity contribution in [1.29, 1.82) is 0 Å². The van der Waals surface area contributed by atoms with E-state index in [2.05, 4.69) is 0 Å². The monoisotopic (exact) mass is 349 g/mol. The summed E-state index contributed by atoms with van der Waals surface area (Å²) in [5.41, 5.74) is 5.54. The van der Waals surface area contributed by atoms with Crippen LogP contribution in [0.4, 0.5) is 4.39 Å². The predicted molar refractivity (Wildman–Crippen MR) is 84.8 cm³/mol. The van der Waals surface area contributed by atoms with Gasteiger partial charge in [0.05, 0.1) is 11.6 Å². The van der Waals surface area contributed by atoms with Crippen LogP contribution in [-0.2, 0) is 4.79 Å². The average molecular weight is 350 g/mol. The van der Waals surface area contributed by atoms with Gasteiger partial charge in [-0.1, -0.05) is 11.6 Å². The maximum absolute atomic E-state index is 13.8. The summed E-state index contributed by atoms with van der Waals surface area (Å²) < 4.78 is 13.8. The molecule has 8 heteroatoms. The molecule has 0 aliphatic carbocycles. The minimum absolute atomic E-state index is 0. The van der Waals surface area contributed by atoms with Gasteiger partial charge < -0.3 is 15.5 Å². The van der Waals surface area contributed by atoms with Gasteiger partial charge in [-0.25, -0.2) is 4.39 Å². The Hall–Kier alpha value is -1.37. The van der Waals surface area contributed by atoms with Gasteiger partial charge in [0.2, 0.25) is 5.91 Å². The maximum atomic E-state index is 13.8. The third-order valence-electron chi connectivity index (χ3n) is 3.43. The van der Waals surface area contributed by atoms with E-state index in [0.29, 0.717) is 26.2 Å². The van der Waals surface area contributed by atoms with Gasteiger partial charge >= 0.3 is 0 Å². The molecule has 1 aromatic rings. The summed E-state index contributed by atoms with van der Waals surface area (Å²) in [6, 6.07) is 3.42. The Labute approximate surface area is 139 Å². The van der Waals surface area contributed by atoms with Crippen molar-refractivity contribution in [3.05, 3.63) is 34.6 Å². The lowest BCUT2D eigenvalue weighted by Gasteiger charge is -2.35. The Balaban J connectivity index is 0.00000242. The van der Waals surface area contributed by atoms with Gasteiger partial charge in [-0.3, -0.25) is 9.59 Å². The largest absolute Gasteiger partial charge is 0.338 e. The van der Waals surface area contributed by atoms with E-state index in [1.807, 2.05) is 0 Å². The van der Waals surface area contributed by atoms with Crippen LogP contribution in [0.1, 0.15) is 17.3 Å². The molecule has 0 radical (unpaired) electrons. The van der Waals surface area contributed by atoms with Crippen molar-refractivity contribution in [1.82, 2.24) is 9.80 Å². The number of halogens is 3. The van der Waals surface area contributed by atoms with Crippen LogP contribution in [0, 0.1) is 5.82 Å². The van der Waals surface area contributed by atoms with Gasteiger partial charge in [0.25, 0.3) is 5.91 Å². The molecule has 1 aromatic carbocycles. The first-order valence-electron chi connectivity index (χ1n) is 6.69. The highest BCUT2D eigenvalue weighted by molar-refractivity contribution is 6.30. The van der Waals surface area contributed by atoms with E-state index in [1.165, 1.54) is 17.0 Å². The molecule has 2 amide bonds. The lowest BCUT2D eigenvalue weighted by molar-refractivity contribution is -0.133. The zero-order chi connectivity index (χ0) is 15.6. The number of carbonyl (C=O) groups excluding carboxylic acids is 2. The van der Waals surface area contributed by atoms with Crippen LogP contribution >= 0.6 is 24.0 Å². The van der Waals surface area contributed by atoms with Crippen LogP contribution < -0.4 is 5.73 Å². The molecule has 0 saturated carbocycles. The molecule has 2 rings (SSSR count). The SMILES string of the molecule is C[C@@H](N)C(=O)N1CCN(C(=O)c2ccc(Cl)cc2F)CC1.Cl. The van der Waals surface area contributed by atoms with Crippen molar-refractivity contribution in [3.8, 4) is 0 Å². The Kier molecular flexibility index (Phi) is 6.59. The number of nitrogens with zero attached hydrogens (tertiary/aromatic N) is 2. The summed E-state index contributed by atoms with van der Waals surface area (Å²) in [6.45, 7) is 3.16. The van der Waals surface area contributed by atoms with Gasteiger partial charge in [0.15, 0.2) is 0 Å². The Morgan fingerprint density at radius 2 is 1.77 bits per heavy atom. The van der Waals surface area contributed by atoms with E-state index in [-0.39, 0.29) is 28.9 Å². The fraction of sp³-hybridized carbons (Fsp3) is 0.429. The summed E-state index contributed by atoms with van der Waals surface area (Å²) in [5.74, 6) is -1.17. The normalized spacial score (nSPS) is 16.0. The first-order chi connectivity index (χ1) is 9.90. The molecule has 0 aromatic heterocycles. The molecule has 1 heterocycles. The molecule has 1 aliphatic heterocycles. The fourth-order valence-corrected chi connectivity index (χ4v) is 2.41. The van der Waals surface area contributed by atoms with Crippen molar-refractivity contribution in [3.63, 3.8) is 0 Å². The first kappa shape index (κ1) is 18.7. The van der Waals surface area contributed by atoms with Gasteiger partial charge in [-0.15, -0.1) is 12.4 Å². The lowest BCUT2D eigenvalue weighted by Crippen LogP contribution is -2.53. The zero-order valence-corrected chi connectivity index (χ0v) is 13.7. The fourth-order valence-electron chi connectivity index (χ4n) is 2.25. The molecule has 1 aliphatic rings. The third-order valence-corrected chi connectivity index (χ3v) is 3.66. The number of benzene rings is 1. The molecule has 1 atom stereocenters. The van der Waals surface area contributed by atoms with E-state index in [9.17, 15) is 14.0 Å². The molecule has 122 valence electrons. The molecule has 2 N–H and O–H groups in total. The average Bonchev–Trinajstić information content (AvgIpc) is 2.46. The number of amides is 2. The smallest absolute Gasteiger partial charge is 0.256 e. The predicted octanol–water partition coefficient (Wildman–Crippen LogP) is 1.53. The van der Waals surface area contributed by atoms with E-state index in [4.69, 9.17) is 17.3 Å². The van der Waals surface area contributed by atoms with E-state index in [1.54, 1.807) is 11.8 Å². The van der Waals surface area contributed by atoms with Crippen LogP contribution in [0.2, 0.25) is 5.02 Å². The molecular formula is C14H18Cl2FN3O2. The number of hydrogen-bond acceptors (Lipinski definition) is 3. The van der Waals surface area contributed by atoms with E-state index >= 15 is 0 Å². The Morgan fingerprint density at radius 1 is 1.23 bits per heavy atom. The summed E-state index contributed by atoms with van der Waals surface area (Å²) in [4.78, 5) is 27.2. The van der Waals surface area contributed by atoms with Crippen molar-refractivity contribution >= 4 is 35.8 Å². The van der Waals surface area contributed by atoms with Gasteiger partial charge in [-0.2, -0.15) is 0 Å². The molecule has 1 fully saturated rings. The van der Waals surface area contributed by atoms with Gasteiger partial charge in [-0.05, 0) is 25.1 Å². The second-order valence-electron chi connectivity index (χ2n) is 5.03. The number of rotatable bonds is 2. The summed E-state index contributed by atoms with van der Waals surface area (Å²) >= 11 is 5.67. The van der Waals surface area contributed by atoms with E-state index in [0.717, 1.165) is 6.07 Å². The molecule has 1 saturated heterocycles. The molecule has 0 unspecified atom stereocenters. The Bertz CT molecular complexity index is 561. The van der Waals surface area contributed by atoms with E-state index < -0.39 is 17.8 Å². The molecule has 22 heavy (non-hydrogen) atoms. The zero-order valence-electron chi connectivity index (χ0n) is 12.1. The molecular weight excluding hydrogens is 332 g/mol. The third kappa shape index (κ3) is 4.09. The Morgan fingerprint density at radius 3 is 2.27 bits per heavy atom. The van der Waals surface area contributed by atoms with Gasteiger partial charge in [0.1, 0.15) is 5.82 Å². The van der Waals surface area contributed by atoms with Crippen LogP contribution in [0.15, 0.2) is 18.2 Å². The standard InChI is InChI=1S/C14H17ClFN3O2.ClH/c1-9(17)13(20)18-4-6-19(7-5-18)14(21)11-3-2-10(15)8-12(11)16;/h2-3,8-9H,4-7,17H2,1H3;1H/t9-;/m1./s1.